The van der Waals surface area contributed by atoms with Crippen molar-refractivity contribution in [3.05, 3.63) is 36.5 Å². The lowest BCUT2D eigenvalue weighted by Crippen LogP contribution is -2.55. The Balaban J connectivity index is 4.53. The standard InChI is InChI=1S/C35H61NO7/c1-6-8-10-12-14-15-16-17-18-20-21-23-25-33(37)42-30-31(29-41-28-27-32(35(39)40)36(3,4)5)43-34(38)26-24-22-19-13-11-9-7-2/h8,10,14-15,17-18,31-32H,6-7,9,11-13,16,19-30H2,1-5H3/b10-8+,15-14+,18-17+. The van der Waals surface area contributed by atoms with Gasteiger partial charge in [-0.25, -0.2) is 0 Å². The molecule has 0 saturated carbocycles. The van der Waals surface area contributed by atoms with Gasteiger partial charge in [-0.3, -0.25) is 9.59 Å². The van der Waals surface area contributed by atoms with Crippen LogP contribution in [0.4, 0.5) is 0 Å². The molecule has 0 radical (unpaired) electrons. The first-order valence-corrected chi connectivity index (χ1v) is 16.5. The molecule has 0 aromatic rings. The average Bonchev–Trinajstić information content (AvgIpc) is 2.94. The number of carboxylic acids is 1. The molecule has 8 heteroatoms. The van der Waals surface area contributed by atoms with E-state index in [1.807, 2.05) is 0 Å². The number of quaternary nitrogens is 1. The van der Waals surface area contributed by atoms with Gasteiger partial charge in [-0.2, -0.15) is 0 Å². The fourth-order valence-electron chi connectivity index (χ4n) is 4.43. The molecule has 248 valence electrons. The largest absolute Gasteiger partial charge is 0.544 e. The third kappa shape index (κ3) is 25.7. The molecule has 0 aromatic heterocycles. The number of aliphatic carboxylic acids is 1. The summed E-state index contributed by atoms with van der Waals surface area (Å²) in [7, 11) is 5.36. The SMILES string of the molecule is CC/C=C/C/C=C/C/C=C/CCCCC(=O)OCC(COCCC(C(=O)[O-])[N+](C)(C)C)OC(=O)CCCCCCCCC. The van der Waals surface area contributed by atoms with Gasteiger partial charge in [-0.05, 0) is 44.9 Å². The van der Waals surface area contributed by atoms with Gasteiger partial charge in [0.05, 0.1) is 40.3 Å². The molecule has 0 N–H and O–H groups in total. The molecule has 0 saturated heterocycles. The minimum absolute atomic E-state index is 0.0288. The molecule has 43 heavy (non-hydrogen) atoms. The lowest BCUT2D eigenvalue weighted by molar-refractivity contribution is -0.889. The first-order valence-electron chi connectivity index (χ1n) is 16.5. The molecule has 0 amide bonds. The van der Waals surface area contributed by atoms with Crippen molar-refractivity contribution < 1.29 is 38.2 Å². The van der Waals surface area contributed by atoms with Crippen molar-refractivity contribution in [2.24, 2.45) is 0 Å². The Bertz CT molecular complexity index is 813. The number of hydrogen-bond donors (Lipinski definition) is 0. The van der Waals surface area contributed by atoms with Crippen molar-refractivity contribution in [3.63, 3.8) is 0 Å². The maximum Gasteiger partial charge on any atom is 0.306 e. The second-order valence-electron chi connectivity index (χ2n) is 12.0. The number of allylic oxidation sites excluding steroid dienone is 6. The van der Waals surface area contributed by atoms with Crippen molar-refractivity contribution in [3.8, 4) is 0 Å². The van der Waals surface area contributed by atoms with Gasteiger partial charge in [0.15, 0.2) is 6.10 Å². The van der Waals surface area contributed by atoms with Crippen LogP contribution >= 0.6 is 0 Å². The van der Waals surface area contributed by atoms with Crippen molar-refractivity contribution >= 4 is 17.9 Å². The molecular formula is C35H61NO7. The summed E-state index contributed by atoms with van der Waals surface area (Å²) in [5.74, 6) is -1.80. The van der Waals surface area contributed by atoms with Gasteiger partial charge >= 0.3 is 11.9 Å². The van der Waals surface area contributed by atoms with Crippen LogP contribution in [0.2, 0.25) is 0 Å². The zero-order chi connectivity index (χ0) is 32.2. The normalized spacial score (nSPS) is 13.6. The lowest BCUT2D eigenvalue weighted by atomic mass is 10.1. The molecule has 0 aromatic carbocycles. The number of carboxylic acid groups (broad SMARTS) is 1. The number of hydrogen-bond acceptors (Lipinski definition) is 7. The van der Waals surface area contributed by atoms with Gasteiger partial charge in [-0.15, -0.1) is 0 Å². The Morgan fingerprint density at radius 2 is 1.30 bits per heavy atom. The second kappa shape index (κ2) is 27.1. The third-order valence-electron chi connectivity index (χ3n) is 7.04. The summed E-state index contributed by atoms with van der Waals surface area (Å²) in [6.45, 7) is 4.42. The molecule has 8 nitrogen and oxygen atoms in total. The summed E-state index contributed by atoms with van der Waals surface area (Å²) in [5, 5.41) is 11.5. The van der Waals surface area contributed by atoms with E-state index in [2.05, 4.69) is 50.3 Å². The summed E-state index contributed by atoms with van der Waals surface area (Å²) < 4.78 is 16.9. The van der Waals surface area contributed by atoms with Crippen LogP contribution in [0.5, 0.6) is 0 Å². The van der Waals surface area contributed by atoms with Crippen LogP contribution in [-0.2, 0) is 28.6 Å². The molecule has 2 unspecified atom stereocenters. The van der Waals surface area contributed by atoms with Crippen LogP contribution in [0, 0.1) is 0 Å². The predicted molar refractivity (Wildman–Crippen MR) is 171 cm³/mol. The Kier molecular flexibility index (Phi) is 25.6. The minimum atomic E-state index is -1.13. The van der Waals surface area contributed by atoms with Crippen molar-refractivity contribution in [1.82, 2.24) is 0 Å². The van der Waals surface area contributed by atoms with E-state index < -0.39 is 18.1 Å². The highest BCUT2D eigenvalue weighted by molar-refractivity contribution is 5.70. The van der Waals surface area contributed by atoms with E-state index in [1.165, 1.54) is 25.7 Å². The average molecular weight is 608 g/mol. The number of esters is 2. The molecule has 0 aliphatic rings. The van der Waals surface area contributed by atoms with Crippen molar-refractivity contribution in [1.29, 1.82) is 0 Å². The third-order valence-corrected chi connectivity index (χ3v) is 7.04. The molecule has 2 atom stereocenters. The molecule has 0 aliphatic carbocycles. The van der Waals surface area contributed by atoms with Gasteiger partial charge in [0.1, 0.15) is 12.6 Å². The topological polar surface area (TPSA) is 102 Å². The minimum Gasteiger partial charge on any atom is -0.544 e. The number of likely N-dealkylation sites (N-methyl/N-ethyl adjacent to an activating group) is 1. The van der Waals surface area contributed by atoms with Gasteiger partial charge < -0.3 is 28.6 Å². The molecule has 0 aliphatic heterocycles. The van der Waals surface area contributed by atoms with Gasteiger partial charge in [0.2, 0.25) is 0 Å². The smallest absolute Gasteiger partial charge is 0.306 e. The highest BCUT2D eigenvalue weighted by atomic mass is 16.6. The van der Waals surface area contributed by atoms with E-state index in [1.54, 1.807) is 21.1 Å². The molecule has 0 heterocycles. The fraction of sp³-hybridized carbons (Fsp3) is 0.743. The molecule has 0 fully saturated rings. The van der Waals surface area contributed by atoms with Crippen LogP contribution in [0.1, 0.15) is 117 Å². The summed E-state index contributed by atoms with van der Waals surface area (Å²) >= 11 is 0. The van der Waals surface area contributed by atoms with Crippen LogP contribution in [-0.4, -0.2) is 75.5 Å². The van der Waals surface area contributed by atoms with E-state index in [4.69, 9.17) is 14.2 Å². The summed E-state index contributed by atoms with van der Waals surface area (Å²) in [6.07, 6.45) is 26.2. The fourth-order valence-corrected chi connectivity index (χ4v) is 4.43. The molecule has 0 rings (SSSR count). The van der Waals surface area contributed by atoms with E-state index in [0.717, 1.165) is 57.8 Å². The van der Waals surface area contributed by atoms with Gasteiger partial charge in [-0.1, -0.05) is 88.8 Å². The maximum atomic E-state index is 12.5. The Hall–Kier alpha value is -2.45. The zero-order valence-electron chi connectivity index (χ0n) is 27.9. The quantitative estimate of drug-likeness (QED) is 0.0450. The van der Waals surface area contributed by atoms with Crippen LogP contribution in [0.3, 0.4) is 0 Å². The summed E-state index contributed by atoms with van der Waals surface area (Å²) in [6, 6.07) is -0.726. The number of ether oxygens (including phenoxy) is 3. The summed E-state index contributed by atoms with van der Waals surface area (Å²) in [5.41, 5.74) is 0. The molecular weight excluding hydrogens is 546 g/mol. The van der Waals surface area contributed by atoms with Crippen LogP contribution in [0.25, 0.3) is 0 Å². The van der Waals surface area contributed by atoms with Gasteiger partial charge in [0, 0.05) is 19.3 Å². The number of rotatable bonds is 28. The predicted octanol–water partition coefficient (Wildman–Crippen LogP) is 6.23. The molecule has 0 bridgehead atoms. The van der Waals surface area contributed by atoms with Crippen molar-refractivity contribution in [2.45, 2.75) is 129 Å². The van der Waals surface area contributed by atoms with Crippen LogP contribution < -0.4 is 5.11 Å². The van der Waals surface area contributed by atoms with E-state index in [0.29, 0.717) is 12.8 Å². The molecule has 0 spiro atoms. The first-order chi connectivity index (χ1) is 20.6. The van der Waals surface area contributed by atoms with Crippen molar-refractivity contribution in [2.75, 3.05) is 41.0 Å². The van der Waals surface area contributed by atoms with Crippen LogP contribution in [0.15, 0.2) is 36.5 Å². The highest BCUT2D eigenvalue weighted by Crippen LogP contribution is 2.11. The highest BCUT2D eigenvalue weighted by Gasteiger charge is 2.25. The number of carbonyl (C=O) groups excluding carboxylic acids is 3. The second-order valence-corrected chi connectivity index (χ2v) is 12.0. The zero-order valence-corrected chi connectivity index (χ0v) is 27.9. The Morgan fingerprint density at radius 1 is 0.721 bits per heavy atom. The Morgan fingerprint density at radius 3 is 1.93 bits per heavy atom. The Labute approximate surface area is 262 Å². The number of carbonyl (C=O) groups is 3. The first kappa shape index (κ1) is 40.5. The monoisotopic (exact) mass is 607 g/mol. The number of unbranched alkanes of at least 4 members (excludes halogenated alkanes) is 8. The van der Waals surface area contributed by atoms with E-state index in [-0.39, 0.29) is 42.7 Å². The lowest BCUT2D eigenvalue weighted by Gasteiger charge is -2.34. The van der Waals surface area contributed by atoms with E-state index >= 15 is 0 Å². The van der Waals surface area contributed by atoms with E-state index in [9.17, 15) is 19.5 Å². The van der Waals surface area contributed by atoms with Gasteiger partial charge in [0.25, 0.3) is 0 Å². The maximum absolute atomic E-state index is 12.5. The summed E-state index contributed by atoms with van der Waals surface area (Å²) in [4.78, 5) is 36.3. The number of nitrogens with zero attached hydrogens (tertiary/aromatic N) is 1.